The van der Waals surface area contributed by atoms with Crippen LogP contribution in [0.15, 0.2) is 0 Å². The number of nitrogens with one attached hydrogen (secondary N) is 1. The highest BCUT2D eigenvalue weighted by Gasteiger charge is 2.23. The summed E-state index contributed by atoms with van der Waals surface area (Å²) in [6, 6.07) is -1.36. The predicted molar refractivity (Wildman–Crippen MR) is 68.5 cm³/mol. The molecule has 0 aliphatic heterocycles. The third-order valence-corrected chi connectivity index (χ3v) is 2.72. The first-order valence-electron chi connectivity index (χ1n) is 6.04. The molecule has 0 aromatic heterocycles. The highest BCUT2D eigenvalue weighted by molar-refractivity contribution is 5.82. The van der Waals surface area contributed by atoms with E-state index in [1.807, 2.05) is 6.92 Å². The number of carboxylic acid groups (broad SMARTS) is 1. The van der Waals surface area contributed by atoms with Gasteiger partial charge in [0.15, 0.2) is 6.04 Å². The summed E-state index contributed by atoms with van der Waals surface area (Å²) in [4.78, 5) is 24.3. The Hall–Kier alpha value is -1.30. The van der Waals surface area contributed by atoms with E-state index < -0.39 is 18.0 Å². The number of nitrogens with zero attached hydrogens (tertiary/aromatic N) is 1. The quantitative estimate of drug-likeness (QED) is 0.720. The van der Waals surface area contributed by atoms with E-state index in [2.05, 4.69) is 19.2 Å². The second kappa shape index (κ2) is 7.92. The van der Waals surface area contributed by atoms with Crippen LogP contribution in [0, 0.1) is 5.92 Å². The Kier molecular flexibility index (Phi) is 7.35. The molecule has 0 fully saturated rings. The van der Waals surface area contributed by atoms with Crippen LogP contribution in [0.2, 0.25) is 0 Å². The second-order valence-electron chi connectivity index (χ2n) is 4.89. The van der Waals surface area contributed by atoms with Gasteiger partial charge in [0, 0.05) is 20.2 Å². The van der Waals surface area contributed by atoms with Gasteiger partial charge in [-0.05, 0) is 19.3 Å². The molecule has 18 heavy (non-hydrogen) atoms. The van der Waals surface area contributed by atoms with Crippen LogP contribution in [-0.2, 0) is 9.53 Å². The fourth-order valence-corrected chi connectivity index (χ4v) is 1.63. The minimum Gasteiger partial charge on any atom is -0.480 e. The second-order valence-corrected chi connectivity index (χ2v) is 4.89. The van der Waals surface area contributed by atoms with Crippen molar-refractivity contribution >= 4 is 12.0 Å². The number of methoxy groups -OCH3 is 1. The summed E-state index contributed by atoms with van der Waals surface area (Å²) >= 11 is 0. The van der Waals surface area contributed by atoms with Crippen molar-refractivity contribution in [3.63, 3.8) is 0 Å². The minimum atomic E-state index is -1.10. The predicted octanol–water partition coefficient (Wildman–Crippen LogP) is 1.16. The molecule has 0 rings (SSSR count). The van der Waals surface area contributed by atoms with Crippen LogP contribution < -0.4 is 5.32 Å². The summed E-state index contributed by atoms with van der Waals surface area (Å²) in [6.07, 6.45) is 0.867. The average Bonchev–Trinajstić information content (AvgIpc) is 2.26. The first kappa shape index (κ1) is 16.7. The van der Waals surface area contributed by atoms with E-state index >= 15 is 0 Å². The number of amides is 2. The minimum absolute atomic E-state index is 0.0481. The molecule has 2 atom stereocenters. The zero-order valence-corrected chi connectivity index (χ0v) is 11.8. The molecule has 2 unspecified atom stereocenters. The number of ether oxygens (including phenoxy) is 1. The average molecular weight is 260 g/mol. The van der Waals surface area contributed by atoms with Crippen molar-refractivity contribution in [2.45, 2.75) is 39.3 Å². The largest absolute Gasteiger partial charge is 0.480 e. The van der Waals surface area contributed by atoms with Crippen LogP contribution >= 0.6 is 0 Å². The van der Waals surface area contributed by atoms with Gasteiger partial charge in [-0.3, -0.25) is 0 Å². The maximum Gasteiger partial charge on any atom is 0.328 e. The van der Waals surface area contributed by atoms with E-state index in [0.717, 1.165) is 6.42 Å². The molecule has 0 aliphatic carbocycles. The van der Waals surface area contributed by atoms with Crippen molar-refractivity contribution < 1.29 is 19.4 Å². The number of carbonyl (C=O) groups excluding carboxylic acids is 1. The van der Waals surface area contributed by atoms with Gasteiger partial charge < -0.3 is 20.1 Å². The molecule has 0 saturated heterocycles. The van der Waals surface area contributed by atoms with Gasteiger partial charge in [-0.25, -0.2) is 9.59 Å². The lowest BCUT2D eigenvalue weighted by Gasteiger charge is -2.27. The standard InChI is InChI=1S/C12H24N2O4/c1-8(2)6-9(3)14(4)12(17)13-10(7-18-5)11(15)16/h8-10H,6-7H2,1-5H3,(H,13,17)(H,15,16). The molecule has 6 nitrogen and oxygen atoms in total. The van der Waals surface area contributed by atoms with E-state index in [4.69, 9.17) is 9.84 Å². The van der Waals surface area contributed by atoms with Crippen molar-refractivity contribution in [1.82, 2.24) is 10.2 Å². The summed E-state index contributed by atoms with van der Waals surface area (Å²) in [5, 5.41) is 11.3. The Bertz CT molecular complexity index is 281. The molecule has 0 aromatic rings. The highest BCUT2D eigenvalue weighted by Crippen LogP contribution is 2.09. The Balaban J connectivity index is 4.40. The van der Waals surface area contributed by atoms with Crippen LogP contribution in [0.5, 0.6) is 0 Å². The van der Waals surface area contributed by atoms with Gasteiger partial charge in [0.25, 0.3) is 0 Å². The molecule has 0 saturated carbocycles. The normalized spacial score (nSPS) is 14.1. The molecule has 0 spiro atoms. The molecule has 0 aliphatic rings. The lowest BCUT2D eigenvalue weighted by atomic mass is 10.0. The van der Waals surface area contributed by atoms with Crippen LogP contribution in [0.4, 0.5) is 4.79 Å². The van der Waals surface area contributed by atoms with Crippen molar-refractivity contribution in [3.05, 3.63) is 0 Å². The molecule has 2 amide bonds. The Morgan fingerprint density at radius 2 is 1.89 bits per heavy atom. The molecule has 0 heterocycles. The van der Waals surface area contributed by atoms with Crippen molar-refractivity contribution in [2.24, 2.45) is 5.92 Å². The number of urea groups is 1. The molecule has 0 bridgehead atoms. The molecular weight excluding hydrogens is 236 g/mol. The monoisotopic (exact) mass is 260 g/mol. The van der Waals surface area contributed by atoms with Crippen molar-refractivity contribution in [1.29, 1.82) is 0 Å². The van der Waals surface area contributed by atoms with Gasteiger partial charge in [0.05, 0.1) is 6.61 Å². The summed E-state index contributed by atoms with van der Waals surface area (Å²) in [7, 11) is 3.06. The van der Waals surface area contributed by atoms with E-state index in [-0.39, 0.29) is 12.6 Å². The molecule has 106 valence electrons. The van der Waals surface area contributed by atoms with E-state index in [0.29, 0.717) is 5.92 Å². The van der Waals surface area contributed by atoms with Gasteiger partial charge in [0.1, 0.15) is 0 Å². The zero-order chi connectivity index (χ0) is 14.3. The lowest BCUT2D eigenvalue weighted by molar-refractivity contribution is -0.140. The third kappa shape index (κ3) is 5.86. The number of hydrogen-bond acceptors (Lipinski definition) is 3. The Labute approximate surface area is 108 Å². The summed E-state index contributed by atoms with van der Waals surface area (Å²) in [6.45, 7) is 6.04. The first-order valence-corrected chi connectivity index (χ1v) is 6.04. The van der Waals surface area contributed by atoms with Crippen LogP contribution in [0.1, 0.15) is 27.2 Å². The lowest BCUT2D eigenvalue weighted by Crippen LogP contribution is -2.51. The van der Waals surface area contributed by atoms with Crippen molar-refractivity contribution in [3.8, 4) is 0 Å². The van der Waals surface area contributed by atoms with E-state index in [1.54, 1.807) is 7.05 Å². The fraction of sp³-hybridized carbons (Fsp3) is 0.833. The Morgan fingerprint density at radius 1 is 1.33 bits per heavy atom. The SMILES string of the molecule is COCC(NC(=O)N(C)C(C)CC(C)C)C(=O)O. The molecule has 0 aromatic carbocycles. The van der Waals surface area contributed by atoms with E-state index in [9.17, 15) is 9.59 Å². The first-order chi connectivity index (χ1) is 8.29. The maximum absolute atomic E-state index is 11.9. The fourth-order valence-electron chi connectivity index (χ4n) is 1.63. The number of rotatable bonds is 7. The smallest absolute Gasteiger partial charge is 0.328 e. The number of carboxylic acids is 1. The Morgan fingerprint density at radius 3 is 2.28 bits per heavy atom. The van der Waals surface area contributed by atoms with E-state index in [1.165, 1.54) is 12.0 Å². The summed E-state index contributed by atoms with van der Waals surface area (Å²) < 4.78 is 4.76. The highest BCUT2D eigenvalue weighted by atomic mass is 16.5. The third-order valence-electron chi connectivity index (χ3n) is 2.72. The van der Waals surface area contributed by atoms with Crippen LogP contribution in [-0.4, -0.2) is 54.9 Å². The van der Waals surface area contributed by atoms with Crippen molar-refractivity contribution in [2.75, 3.05) is 20.8 Å². The van der Waals surface area contributed by atoms with Crippen LogP contribution in [0.25, 0.3) is 0 Å². The summed E-state index contributed by atoms with van der Waals surface area (Å²) in [5.74, 6) is -0.625. The zero-order valence-electron chi connectivity index (χ0n) is 11.8. The molecule has 6 heteroatoms. The maximum atomic E-state index is 11.9. The van der Waals surface area contributed by atoms with Crippen LogP contribution in [0.3, 0.4) is 0 Å². The molecule has 2 N–H and O–H groups in total. The topological polar surface area (TPSA) is 78.9 Å². The number of aliphatic carboxylic acids is 1. The summed E-state index contributed by atoms with van der Waals surface area (Å²) in [5.41, 5.74) is 0. The molecule has 0 radical (unpaired) electrons. The van der Waals surface area contributed by atoms with Gasteiger partial charge in [-0.15, -0.1) is 0 Å². The number of carbonyl (C=O) groups is 2. The molecular formula is C12H24N2O4. The van der Waals surface area contributed by atoms with Gasteiger partial charge >= 0.3 is 12.0 Å². The number of hydrogen-bond donors (Lipinski definition) is 2. The van der Waals surface area contributed by atoms with Gasteiger partial charge in [-0.2, -0.15) is 0 Å². The van der Waals surface area contributed by atoms with Gasteiger partial charge in [0.2, 0.25) is 0 Å². The van der Waals surface area contributed by atoms with Gasteiger partial charge in [-0.1, -0.05) is 13.8 Å².